The van der Waals surface area contributed by atoms with Crippen molar-refractivity contribution in [2.75, 3.05) is 0 Å². The molecule has 4 nitrogen and oxygen atoms in total. The summed E-state index contributed by atoms with van der Waals surface area (Å²) in [6.07, 6.45) is 1.66. The van der Waals surface area contributed by atoms with Crippen LogP contribution in [0.3, 0.4) is 0 Å². The second kappa shape index (κ2) is 5.89. The smallest absolute Gasteiger partial charge is 0.308 e. The van der Waals surface area contributed by atoms with Crippen molar-refractivity contribution in [1.29, 1.82) is 0 Å². The molecule has 2 aromatic carbocycles. The van der Waals surface area contributed by atoms with Crippen LogP contribution in [0.15, 0.2) is 42.2 Å². The highest BCUT2D eigenvalue weighted by Crippen LogP contribution is 2.39. The van der Waals surface area contributed by atoms with Crippen LogP contribution >= 0.6 is 11.6 Å². The fraction of sp³-hybridized carbons (Fsp3) is 0.111. The Morgan fingerprint density at radius 2 is 1.87 bits per heavy atom. The van der Waals surface area contributed by atoms with Crippen LogP contribution in [0.1, 0.15) is 28.4 Å². The maximum Gasteiger partial charge on any atom is 0.308 e. The Bertz CT molecular complexity index is 835. The van der Waals surface area contributed by atoms with Crippen molar-refractivity contribution in [1.82, 2.24) is 0 Å². The van der Waals surface area contributed by atoms with Gasteiger partial charge in [-0.25, -0.2) is 0 Å². The van der Waals surface area contributed by atoms with Gasteiger partial charge in [-0.15, -0.1) is 0 Å². The van der Waals surface area contributed by atoms with Gasteiger partial charge in [0, 0.05) is 17.5 Å². The zero-order chi connectivity index (χ0) is 16.6. The topological polar surface area (TPSA) is 52.6 Å². The van der Waals surface area contributed by atoms with Crippen molar-refractivity contribution < 1.29 is 19.1 Å². The van der Waals surface area contributed by atoms with Gasteiger partial charge in [-0.1, -0.05) is 23.7 Å². The predicted octanol–water partition coefficient (Wildman–Crippen LogP) is 4.19. The Balaban J connectivity index is 1.97. The average Bonchev–Trinajstić information content (AvgIpc) is 2.82. The molecule has 116 valence electrons. The van der Waals surface area contributed by atoms with E-state index in [1.807, 2.05) is 0 Å². The number of Topliss-reactive ketones (excluding diaryl/α,β-unsaturated/α-hetero) is 1. The number of ether oxygens (including phenoxy) is 2. The van der Waals surface area contributed by atoms with Gasteiger partial charge in [-0.3, -0.25) is 9.59 Å². The minimum atomic E-state index is -0.422. The van der Waals surface area contributed by atoms with Crippen molar-refractivity contribution in [3.05, 3.63) is 63.9 Å². The molecular weight excluding hydrogens is 316 g/mol. The number of carbonyl (C=O) groups excluding carboxylic acids is 2. The number of esters is 1. The second-order valence-corrected chi connectivity index (χ2v) is 5.59. The minimum Gasteiger partial charge on any atom is -0.452 e. The average molecular weight is 329 g/mol. The number of hydrogen-bond acceptors (Lipinski definition) is 4. The van der Waals surface area contributed by atoms with E-state index < -0.39 is 5.97 Å². The van der Waals surface area contributed by atoms with Crippen LogP contribution in [0.2, 0.25) is 5.02 Å². The summed E-state index contributed by atoms with van der Waals surface area (Å²) in [6, 6.07) is 10.3. The van der Waals surface area contributed by atoms with Gasteiger partial charge in [0.15, 0.2) is 5.76 Å². The lowest BCUT2D eigenvalue weighted by atomic mass is 10.1. The third-order valence-corrected chi connectivity index (χ3v) is 3.71. The molecule has 0 saturated carbocycles. The van der Waals surface area contributed by atoms with E-state index in [9.17, 15) is 9.59 Å². The zero-order valence-electron chi connectivity index (χ0n) is 12.6. The molecule has 0 radical (unpaired) electrons. The predicted molar refractivity (Wildman–Crippen MR) is 86.9 cm³/mol. The van der Waals surface area contributed by atoms with Crippen LogP contribution in [0.5, 0.6) is 11.5 Å². The molecule has 0 aromatic heterocycles. The van der Waals surface area contributed by atoms with Gasteiger partial charge in [0.2, 0.25) is 5.78 Å². The molecule has 0 atom stereocenters. The van der Waals surface area contributed by atoms with E-state index in [0.29, 0.717) is 27.6 Å². The Morgan fingerprint density at radius 1 is 1.17 bits per heavy atom. The van der Waals surface area contributed by atoms with Crippen molar-refractivity contribution >= 4 is 29.4 Å². The summed E-state index contributed by atoms with van der Waals surface area (Å²) in [6.45, 7) is 3.07. The maximum atomic E-state index is 12.4. The normalized spacial score (nSPS) is 14.6. The van der Waals surface area contributed by atoms with Gasteiger partial charge >= 0.3 is 5.97 Å². The number of rotatable bonds is 2. The number of ketones is 1. The molecule has 2 aromatic rings. The van der Waals surface area contributed by atoms with Gasteiger partial charge in [0.1, 0.15) is 11.5 Å². The Hall–Kier alpha value is -2.59. The molecule has 1 aliphatic rings. The SMILES string of the molecule is CC(=O)Oc1ccc2c(c1C)O/C(=C\c1ccc(Cl)cc1)C2=O. The highest BCUT2D eigenvalue weighted by Gasteiger charge is 2.30. The molecular formula is C18H13ClO4. The molecule has 0 spiro atoms. The lowest BCUT2D eigenvalue weighted by Gasteiger charge is -2.08. The third-order valence-electron chi connectivity index (χ3n) is 3.46. The molecule has 0 fully saturated rings. The van der Waals surface area contributed by atoms with Crippen LogP contribution in [-0.2, 0) is 4.79 Å². The molecule has 0 saturated heterocycles. The van der Waals surface area contributed by atoms with E-state index in [4.69, 9.17) is 21.1 Å². The number of benzene rings is 2. The maximum absolute atomic E-state index is 12.4. The first-order chi connectivity index (χ1) is 11.0. The summed E-state index contributed by atoms with van der Waals surface area (Å²) in [5.74, 6) is 0.415. The van der Waals surface area contributed by atoms with E-state index in [2.05, 4.69) is 0 Å². The summed E-state index contributed by atoms with van der Waals surface area (Å²) in [5, 5.41) is 0.621. The molecule has 0 N–H and O–H groups in total. The van der Waals surface area contributed by atoms with E-state index in [1.165, 1.54) is 6.92 Å². The van der Waals surface area contributed by atoms with Crippen LogP contribution in [0.25, 0.3) is 6.08 Å². The molecule has 1 aliphatic heterocycles. The van der Waals surface area contributed by atoms with Crippen molar-refractivity contribution in [3.8, 4) is 11.5 Å². The number of allylic oxidation sites excluding steroid dienone is 1. The first-order valence-electron chi connectivity index (χ1n) is 6.97. The van der Waals surface area contributed by atoms with Gasteiger partial charge in [-0.05, 0) is 42.8 Å². The van der Waals surface area contributed by atoms with E-state index in [0.717, 1.165) is 5.56 Å². The monoisotopic (exact) mass is 328 g/mol. The molecule has 0 bridgehead atoms. The van der Waals surface area contributed by atoms with E-state index >= 15 is 0 Å². The number of halogens is 1. The zero-order valence-corrected chi connectivity index (χ0v) is 13.3. The molecule has 0 unspecified atom stereocenters. The fourth-order valence-electron chi connectivity index (χ4n) is 2.34. The lowest BCUT2D eigenvalue weighted by molar-refractivity contribution is -0.131. The molecule has 5 heteroatoms. The summed E-state index contributed by atoms with van der Waals surface area (Å²) in [5.41, 5.74) is 1.88. The molecule has 0 amide bonds. The van der Waals surface area contributed by atoms with Gasteiger partial charge < -0.3 is 9.47 Å². The standard InChI is InChI=1S/C18H13ClO4/c1-10-15(22-11(2)20)8-7-14-17(21)16(23-18(10)14)9-12-3-5-13(19)6-4-12/h3-9H,1-2H3/b16-9-. The fourth-order valence-corrected chi connectivity index (χ4v) is 2.47. The van der Waals surface area contributed by atoms with Crippen molar-refractivity contribution in [2.45, 2.75) is 13.8 Å². The highest BCUT2D eigenvalue weighted by atomic mass is 35.5. The lowest BCUT2D eigenvalue weighted by Crippen LogP contribution is -2.03. The van der Waals surface area contributed by atoms with Gasteiger partial charge in [-0.2, -0.15) is 0 Å². The Kier molecular flexibility index (Phi) is 3.92. The summed E-state index contributed by atoms with van der Waals surface area (Å²) in [7, 11) is 0. The van der Waals surface area contributed by atoms with E-state index in [-0.39, 0.29) is 11.5 Å². The Morgan fingerprint density at radius 3 is 2.52 bits per heavy atom. The summed E-state index contributed by atoms with van der Waals surface area (Å²) < 4.78 is 10.8. The number of carbonyl (C=O) groups is 2. The first kappa shape index (κ1) is 15.3. The minimum absolute atomic E-state index is 0.201. The number of hydrogen-bond donors (Lipinski definition) is 0. The quantitative estimate of drug-likeness (QED) is 0.471. The van der Waals surface area contributed by atoms with Crippen LogP contribution in [0.4, 0.5) is 0 Å². The van der Waals surface area contributed by atoms with E-state index in [1.54, 1.807) is 49.4 Å². The largest absolute Gasteiger partial charge is 0.452 e. The first-order valence-corrected chi connectivity index (χ1v) is 7.35. The molecule has 1 heterocycles. The van der Waals surface area contributed by atoms with Crippen molar-refractivity contribution in [2.24, 2.45) is 0 Å². The van der Waals surface area contributed by atoms with Gasteiger partial charge in [0.05, 0.1) is 5.56 Å². The third kappa shape index (κ3) is 2.98. The summed E-state index contributed by atoms with van der Waals surface area (Å²) in [4.78, 5) is 23.5. The van der Waals surface area contributed by atoms with Crippen molar-refractivity contribution in [3.63, 3.8) is 0 Å². The Labute approximate surface area is 138 Å². The molecule has 3 rings (SSSR count). The number of fused-ring (bicyclic) bond motifs is 1. The van der Waals surface area contributed by atoms with Gasteiger partial charge in [0.25, 0.3) is 0 Å². The highest BCUT2D eigenvalue weighted by molar-refractivity contribution is 6.30. The van der Waals surface area contributed by atoms with Crippen LogP contribution < -0.4 is 9.47 Å². The summed E-state index contributed by atoms with van der Waals surface area (Å²) >= 11 is 5.85. The second-order valence-electron chi connectivity index (χ2n) is 5.15. The molecule has 23 heavy (non-hydrogen) atoms. The van der Waals surface area contributed by atoms with Crippen LogP contribution in [-0.4, -0.2) is 11.8 Å². The van der Waals surface area contributed by atoms with Crippen LogP contribution in [0, 0.1) is 6.92 Å². The molecule has 0 aliphatic carbocycles.